The number of carboxylic acid groups (broad SMARTS) is 1. The Hall–Kier alpha value is -1.71. The summed E-state index contributed by atoms with van der Waals surface area (Å²) in [6, 6.07) is 4.78. The summed E-state index contributed by atoms with van der Waals surface area (Å²) in [6.07, 6.45) is 4.80. The molecule has 0 heterocycles. The van der Waals surface area contributed by atoms with Crippen LogP contribution in [0.1, 0.15) is 43.0 Å². The minimum atomic E-state index is -1.01. The highest BCUT2D eigenvalue weighted by Gasteiger charge is 2.20. The first kappa shape index (κ1) is 12.7. The first-order valence-electron chi connectivity index (χ1n) is 6.35. The molecule has 1 aliphatic rings. The Bertz CT molecular complexity index is 445. The lowest BCUT2D eigenvalue weighted by atomic mass is 9.89. The van der Waals surface area contributed by atoms with Crippen molar-refractivity contribution in [3.05, 3.63) is 23.8 Å². The van der Waals surface area contributed by atoms with Crippen LogP contribution < -0.4 is 10.5 Å². The van der Waals surface area contributed by atoms with Crippen molar-refractivity contribution in [2.24, 2.45) is 5.92 Å². The minimum Gasteiger partial charge on any atom is -0.490 e. The first-order valence-corrected chi connectivity index (χ1v) is 6.35. The molecule has 2 unspecified atom stereocenters. The van der Waals surface area contributed by atoms with Crippen LogP contribution in [0, 0.1) is 5.92 Å². The number of benzene rings is 1. The molecule has 1 aromatic rings. The van der Waals surface area contributed by atoms with Gasteiger partial charge in [-0.1, -0.05) is 13.3 Å². The number of anilines is 1. The second-order valence-corrected chi connectivity index (χ2v) is 5.07. The Morgan fingerprint density at radius 2 is 2.22 bits per heavy atom. The molecule has 1 fully saturated rings. The summed E-state index contributed by atoms with van der Waals surface area (Å²) in [6.45, 7) is 2.23. The van der Waals surface area contributed by atoms with E-state index in [0.29, 0.717) is 11.7 Å². The number of carboxylic acids is 1. The van der Waals surface area contributed by atoms with Crippen LogP contribution >= 0.6 is 0 Å². The van der Waals surface area contributed by atoms with Gasteiger partial charge in [0, 0.05) is 11.8 Å². The molecule has 2 atom stereocenters. The fourth-order valence-electron chi connectivity index (χ4n) is 2.49. The van der Waals surface area contributed by atoms with Crippen LogP contribution in [0.25, 0.3) is 0 Å². The zero-order chi connectivity index (χ0) is 13.1. The van der Waals surface area contributed by atoms with E-state index in [1.807, 2.05) is 0 Å². The molecule has 0 bridgehead atoms. The Kier molecular flexibility index (Phi) is 3.75. The molecule has 0 radical (unpaired) electrons. The van der Waals surface area contributed by atoms with Crippen LogP contribution in [-0.2, 0) is 0 Å². The Morgan fingerprint density at radius 1 is 1.44 bits per heavy atom. The molecule has 4 heteroatoms. The number of aromatic carboxylic acids is 1. The van der Waals surface area contributed by atoms with Crippen LogP contribution in [-0.4, -0.2) is 17.2 Å². The highest BCUT2D eigenvalue weighted by atomic mass is 16.5. The number of carbonyl (C=O) groups is 1. The lowest BCUT2D eigenvalue weighted by molar-refractivity contribution is 0.0698. The molecule has 0 saturated heterocycles. The topological polar surface area (TPSA) is 72.5 Å². The number of hydrogen-bond acceptors (Lipinski definition) is 3. The third kappa shape index (κ3) is 2.94. The summed E-state index contributed by atoms with van der Waals surface area (Å²) in [7, 11) is 0. The van der Waals surface area contributed by atoms with Gasteiger partial charge < -0.3 is 15.6 Å². The Balaban J connectivity index is 2.05. The van der Waals surface area contributed by atoms with Crippen molar-refractivity contribution in [1.29, 1.82) is 0 Å². The summed E-state index contributed by atoms with van der Waals surface area (Å²) in [5, 5.41) is 8.89. The Morgan fingerprint density at radius 3 is 2.83 bits per heavy atom. The maximum Gasteiger partial charge on any atom is 0.337 e. The SMILES string of the molecule is CC1CCCC(Oc2ccc(C(=O)O)c(N)c2)C1. The van der Waals surface area contributed by atoms with Crippen LogP contribution in [0.3, 0.4) is 0 Å². The minimum absolute atomic E-state index is 0.124. The predicted octanol–water partition coefficient (Wildman–Crippen LogP) is 2.92. The van der Waals surface area contributed by atoms with E-state index in [9.17, 15) is 4.79 Å². The quantitative estimate of drug-likeness (QED) is 0.808. The van der Waals surface area contributed by atoms with E-state index in [1.165, 1.54) is 18.9 Å². The molecule has 0 amide bonds. The monoisotopic (exact) mass is 249 g/mol. The average molecular weight is 249 g/mol. The van der Waals surface area contributed by atoms with Gasteiger partial charge in [0.2, 0.25) is 0 Å². The van der Waals surface area contributed by atoms with E-state index in [0.717, 1.165) is 12.8 Å². The van der Waals surface area contributed by atoms with E-state index >= 15 is 0 Å². The van der Waals surface area contributed by atoms with Gasteiger partial charge in [-0.3, -0.25) is 0 Å². The molecule has 98 valence electrons. The van der Waals surface area contributed by atoms with E-state index < -0.39 is 5.97 Å². The van der Waals surface area contributed by atoms with Gasteiger partial charge in [-0.2, -0.15) is 0 Å². The normalized spacial score (nSPS) is 23.6. The summed E-state index contributed by atoms with van der Waals surface area (Å²) in [5.41, 5.74) is 6.07. The second-order valence-electron chi connectivity index (χ2n) is 5.07. The number of hydrogen-bond donors (Lipinski definition) is 2. The summed E-state index contributed by atoms with van der Waals surface area (Å²) in [4.78, 5) is 10.8. The fourth-order valence-corrected chi connectivity index (χ4v) is 2.49. The van der Waals surface area contributed by atoms with Gasteiger partial charge in [0.05, 0.1) is 11.7 Å². The molecular weight excluding hydrogens is 230 g/mol. The van der Waals surface area contributed by atoms with Gasteiger partial charge in [-0.15, -0.1) is 0 Å². The van der Waals surface area contributed by atoms with Crippen molar-refractivity contribution in [2.75, 3.05) is 5.73 Å². The average Bonchev–Trinajstić information content (AvgIpc) is 2.28. The van der Waals surface area contributed by atoms with E-state index in [4.69, 9.17) is 15.6 Å². The predicted molar refractivity (Wildman–Crippen MR) is 69.9 cm³/mol. The maximum absolute atomic E-state index is 10.8. The molecule has 0 spiro atoms. The first-order chi connectivity index (χ1) is 8.56. The number of nitrogens with two attached hydrogens (primary N) is 1. The zero-order valence-electron chi connectivity index (χ0n) is 10.6. The second kappa shape index (κ2) is 5.29. The molecule has 4 nitrogen and oxygen atoms in total. The van der Waals surface area contributed by atoms with Crippen molar-refractivity contribution in [1.82, 2.24) is 0 Å². The van der Waals surface area contributed by atoms with Gasteiger partial charge in [0.1, 0.15) is 5.75 Å². The third-order valence-electron chi connectivity index (χ3n) is 3.44. The standard InChI is InChI=1S/C14H19NO3/c1-9-3-2-4-10(7-9)18-11-5-6-12(14(16)17)13(15)8-11/h5-6,8-10H,2-4,7,15H2,1H3,(H,16,17). The highest BCUT2D eigenvalue weighted by molar-refractivity contribution is 5.93. The van der Waals surface area contributed by atoms with Crippen molar-refractivity contribution < 1.29 is 14.6 Å². The molecule has 1 aliphatic carbocycles. The van der Waals surface area contributed by atoms with Crippen LogP contribution in [0.5, 0.6) is 5.75 Å². The van der Waals surface area contributed by atoms with E-state index in [2.05, 4.69) is 6.92 Å². The highest BCUT2D eigenvalue weighted by Crippen LogP contribution is 2.28. The fraction of sp³-hybridized carbons (Fsp3) is 0.500. The molecule has 1 saturated carbocycles. The summed E-state index contributed by atoms with van der Waals surface area (Å²) >= 11 is 0. The van der Waals surface area contributed by atoms with E-state index in [-0.39, 0.29) is 17.4 Å². The van der Waals surface area contributed by atoms with Crippen LogP contribution in [0.2, 0.25) is 0 Å². The van der Waals surface area contributed by atoms with Gasteiger partial charge in [-0.05, 0) is 37.3 Å². The maximum atomic E-state index is 10.8. The molecule has 0 aromatic heterocycles. The zero-order valence-corrected chi connectivity index (χ0v) is 10.6. The van der Waals surface area contributed by atoms with Crippen molar-refractivity contribution >= 4 is 11.7 Å². The molecule has 3 N–H and O–H groups in total. The van der Waals surface area contributed by atoms with Gasteiger partial charge >= 0.3 is 5.97 Å². The van der Waals surface area contributed by atoms with Gasteiger partial charge in [-0.25, -0.2) is 4.79 Å². The smallest absolute Gasteiger partial charge is 0.337 e. The van der Waals surface area contributed by atoms with Crippen molar-refractivity contribution in [3.8, 4) is 5.75 Å². The van der Waals surface area contributed by atoms with E-state index in [1.54, 1.807) is 12.1 Å². The number of nitrogen functional groups attached to an aromatic ring is 1. The van der Waals surface area contributed by atoms with Crippen molar-refractivity contribution in [2.45, 2.75) is 38.7 Å². The van der Waals surface area contributed by atoms with Gasteiger partial charge in [0.25, 0.3) is 0 Å². The number of ether oxygens (including phenoxy) is 1. The summed E-state index contributed by atoms with van der Waals surface area (Å²) < 4.78 is 5.87. The third-order valence-corrected chi connectivity index (χ3v) is 3.44. The molecule has 0 aliphatic heterocycles. The van der Waals surface area contributed by atoms with Crippen LogP contribution in [0.15, 0.2) is 18.2 Å². The molecular formula is C14H19NO3. The van der Waals surface area contributed by atoms with Crippen LogP contribution in [0.4, 0.5) is 5.69 Å². The summed E-state index contributed by atoms with van der Waals surface area (Å²) in [5.74, 6) is 0.348. The van der Waals surface area contributed by atoms with Gasteiger partial charge in [0.15, 0.2) is 0 Å². The largest absolute Gasteiger partial charge is 0.490 e. The lowest BCUT2D eigenvalue weighted by Crippen LogP contribution is -2.24. The van der Waals surface area contributed by atoms with Crippen molar-refractivity contribution in [3.63, 3.8) is 0 Å². The number of rotatable bonds is 3. The molecule has 18 heavy (non-hydrogen) atoms. The molecule has 2 rings (SSSR count). The Labute approximate surface area is 107 Å². The lowest BCUT2D eigenvalue weighted by Gasteiger charge is -2.27. The molecule has 1 aromatic carbocycles.